The number of aryl methyl sites for hydroxylation is 2. The van der Waals surface area contributed by atoms with Crippen LogP contribution in [0.1, 0.15) is 40.5 Å². The number of hydrogen-bond donors (Lipinski definition) is 0. The molecule has 0 N–H and O–H groups in total. The number of benzene rings is 2. The minimum Gasteiger partial charge on any atom is -0.339 e. The van der Waals surface area contributed by atoms with Crippen LogP contribution in [0.5, 0.6) is 0 Å². The molecule has 3 aromatic rings. The average Bonchev–Trinajstić information content (AvgIpc) is 3.28. The van der Waals surface area contributed by atoms with E-state index in [2.05, 4.69) is 22.3 Å². The molecule has 2 heterocycles. The van der Waals surface area contributed by atoms with E-state index in [0.29, 0.717) is 55.6 Å². The Morgan fingerprint density at radius 2 is 1.67 bits per heavy atom. The summed E-state index contributed by atoms with van der Waals surface area (Å²) in [5.74, 6) is 1.82. The maximum Gasteiger partial charge on any atom is 0.255 e. The Hall–Kier alpha value is -3.13. The highest BCUT2D eigenvalue weighted by molar-refractivity contribution is 7.98. The lowest BCUT2D eigenvalue weighted by Gasteiger charge is -2.35. The molecule has 0 radical (unpaired) electrons. The van der Waals surface area contributed by atoms with Crippen molar-refractivity contribution in [2.24, 2.45) is 0 Å². The second kappa shape index (κ2) is 11.1. The van der Waals surface area contributed by atoms with E-state index in [1.54, 1.807) is 6.92 Å². The van der Waals surface area contributed by atoms with Gasteiger partial charge < -0.3 is 14.3 Å². The van der Waals surface area contributed by atoms with E-state index >= 15 is 0 Å². The summed E-state index contributed by atoms with van der Waals surface area (Å²) in [6, 6.07) is 17.8. The summed E-state index contributed by atoms with van der Waals surface area (Å²) < 4.78 is 5.18. The summed E-state index contributed by atoms with van der Waals surface area (Å²) >= 11 is 1.51. The summed E-state index contributed by atoms with van der Waals surface area (Å²) in [5, 5.41) is 3.81. The van der Waals surface area contributed by atoms with Crippen molar-refractivity contribution in [1.29, 1.82) is 0 Å². The number of aromatic nitrogens is 2. The topological polar surface area (TPSA) is 79.5 Å². The fourth-order valence-corrected chi connectivity index (χ4v) is 4.77. The first kappa shape index (κ1) is 23.0. The fraction of sp³-hybridized carbons (Fsp3) is 0.360. The van der Waals surface area contributed by atoms with Crippen molar-refractivity contribution in [3.05, 3.63) is 77.4 Å². The fourth-order valence-electron chi connectivity index (χ4n) is 3.88. The minimum absolute atomic E-state index is 0.00372. The third kappa shape index (κ3) is 6.22. The van der Waals surface area contributed by atoms with E-state index < -0.39 is 0 Å². The number of carbonyl (C=O) groups excluding carboxylic acids is 2. The highest BCUT2D eigenvalue weighted by atomic mass is 32.2. The van der Waals surface area contributed by atoms with Gasteiger partial charge in [0.25, 0.3) is 5.91 Å². The van der Waals surface area contributed by atoms with Gasteiger partial charge in [0, 0.05) is 37.5 Å². The number of amides is 2. The molecule has 8 heteroatoms. The van der Waals surface area contributed by atoms with Gasteiger partial charge in [0.2, 0.25) is 11.8 Å². The van der Waals surface area contributed by atoms with Gasteiger partial charge in [-0.3, -0.25) is 9.59 Å². The van der Waals surface area contributed by atoms with Crippen molar-refractivity contribution in [2.75, 3.05) is 26.2 Å². The molecular weight excluding hydrogens is 436 g/mol. The Balaban J connectivity index is 1.27. The second-order valence-corrected chi connectivity index (χ2v) is 9.05. The monoisotopic (exact) mass is 464 g/mol. The van der Waals surface area contributed by atoms with Crippen LogP contribution in [0.25, 0.3) is 0 Å². The van der Waals surface area contributed by atoms with Crippen LogP contribution in [-0.2, 0) is 17.0 Å². The van der Waals surface area contributed by atoms with Gasteiger partial charge in [-0.1, -0.05) is 47.6 Å². The Bertz CT molecular complexity index is 1080. The molecule has 7 nitrogen and oxygen atoms in total. The van der Waals surface area contributed by atoms with Crippen LogP contribution in [0.3, 0.4) is 0 Å². The summed E-state index contributed by atoms with van der Waals surface area (Å²) in [4.78, 5) is 34.6. The van der Waals surface area contributed by atoms with Crippen LogP contribution < -0.4 is 0 Å². The molecule has 0 saturated carbocycles. The molecule has 0 bridgehead atoms. The highest BCUT2D eigenvalue weighted by Gasteiger charge is 2.26. The summed E-state index contributed by atoms with van der Waals surface area (Å²) in [6.07, 6.45) is 2.28. The first-order valence-electron chi connectivity index (χ1n) is 11.2. The summed E-state index contributed by atoms with van der Waals surface area (Å²) in [5.41, 5.74) is 1.92. The molecule has 0 unspecified atom stereocenters. The van der Waals surface area contributed by atoms with Gasteiger partial charge in [0.15, 0.2) is 5.82 Å². The lowest BCUT2D eigenvalue weighted by Crippen LogP contribution is -2.50. The van der Waals surface area contributed by atoms with Crippen LogP contribution in [0.2, 0.25) is 0 Å². The Kier molecular flexibility index (Phi) is 7.78. The molecule has 1 aromatic heterocycles. The van der Waals surface area contributed by atoms with Gasteiger partial charge in [0.1, 0.15) is 0 Å². The molecular formula is C25H28N4O3S. The predicted octanol–water partition coefficient (Wildman–Crippen LogP) is 3.98. The maximum absolute atomic E-state index is 13.2. The van der Waals surface area contributed by atoms with Crippen molar-refractivity contribution in [1.82, 2.24) is 19.9 Å². The van der Waals surface area contributed by atoms with Crippen LogP contribution in [0, 0.1) is 6.92 Å². The highest BCUT2D eigenvalue weighted by Crippen LogP contribution is 2.27. The zero-order valence-electron chi connectivity index (χ0n) is 18.8. The summed E-state index contributed by atoms with van der Waals surface area (Å²) in [7, 11) is 0. The Morgan fingerprint density at radius 3 is 2.39 bits per heavy atom. The Morgan fingerprint density at radius 1 is 0.970 bits per heavy atom. The SMILES string of the molecule is Cc1noc(CSc2ccccc2C(=O)N2CCN(C(=O)CCCc3ccccc3)CC2)n1. The molecule has 2 aromatic carbocycles. The Labute approximate surface area is 198 Å². The number of rotatable bonds is 8. The van der Waals surface area contributed by atoms with Crippen LogP contribution >= 0.6 is 11.8 Å². The smallest absolute Gasteiger partial charge is 0.255 e. The van der Waals surface area contributed by atoms with Crippen LogP contribution in [0.15, 0.2) is 64.0 Å². The zero-order chi connectivity index (χ0) is 23.0. The predicted molar refractivity (Wildman–Crippen MR) is 127 cm³/mol. The van der Waals surface area contributed by atoms with Crippen molar-refractivity contribution in [2.45, 2.75) is 36.8 Å². The van der Waals surface area contributed by atoms with E-state index in [9.17, 15) is 9.59 Å². The molecule has 1 saturated heterocycles. The number of thioether (sulfide) groups is 1. The van der Waals surface area contributed by atoms with Crippen molar-refractivity contribution in [3.63, 3.8) is 0 Å². The van der Waals surface area contributed by atoms with E-state index in [-0.39, 0.29) is 11.8 Å². The van der Waals surface area contributed by atoms with Crippen molar-refractivity contribution < 1.29 is 14.1 Å². The number of piperazine rings is 1. The zero-order valence-corrected chi connectivity index (χ0v) is 19.6. The molecule has 1 fully saturated rings. The van der Waals surface area contributed by atoms with Gasteiger partial charge in [-0.15, -0.1) is 11.8 Å². The molecule has 33 heavy (non-hydrogen) atoms. The average molecular weight is 465 g/mol. The molecule has 172 valence electrons. The lowest BCUT2D eigenvalue weighted by molar-refractivity contribution is -0.132. The minimum atomic E-state index is -0.00372. The molecule has 0 aliphatic carbocycles. The standard InChI is InChI=1S/C25H28N4O3S/c1-19-26-23(32-27-19)18-33-22-12-6-5-11-21(22)25(31)29-16-14-28(15-17-29)24(30)13-7-10-20-8-3-2-4-9-20/h2-6,8-9,11-12H,7,10,13-18H2,1H3. The molecule has 2 amide bonds. The van der Waals surface area contributed by atoms with Gasteiger partial charge in [-0.25, -0.2) is 0 Å². The molecule has 0 spiro atoms. The maximum atomic E-state index is 13.2. The third-order valence-corrected chi connectivity index (χ3v) is 6.72. The van der Waals surface area contributed by atoms with Gasteiger partial charge in [0.05, 0.1) is 11.3 Å². The number of carbonyl (C=O) groups is 2. The van der Waals surface area contributed by atoms with E-state index in [1.165, 1.54) is 17.3 Å². The van der Waals surface area contributed by atoms with Crippen molar-refractivity contribution >= 4 is 23.6 Å². The molecule has 1 aliphatic rings. The van der Waals surface area contributed by atoms with E-state index in [0.717, 1.165) is 17.7 Å². The van der Waals surface area contributed by atoms with Crippen LogP contribution in [-0.4, -0.2) is 57.9 Å². The number of hydrogen-bond acceptors (Lipinski definition) is 6. The van der Waals surface area contributed by atoms with Gasteiger partial charge in [-0.05, 0) is 37.5 Å². The first-order chi connectivity index (χ1) is 16.1. The summed E-state index contributed by atoms with van der Waals surface area (Å²) in [6.45, 7) is 4.03. The molecule has 0 atom stereocenters. The quantitative estimate of drug-likeness (QED) is 0.469. The second-order valence-electron chi connectivity index (χ2n) is 8.03. The van der Waals surface area contributed by atoms with E-state index in [1.807, 2.05) is 52.3 Å². The van der Waals surface area contributed by atoms with Gasteiger partial charge >= 0.3 is 0 Å². The molecule has 4 rings (SSSR count). The van der Waals surface area contributed by atoms with Gasteiger partial charge in [-0.2, -0.15) is 4.98 Å². The van der Waals surface area contributed by atoms with Crippen LogP contribution in [0.4, 0.5) is 0 Å². The number of nitrogens with zero attached hydrogens (tertiary/aromatic N) is 4. The normalized spacial score (nSPS) is 13.8. The largest absolute Gasteiger partial charge is 0.339 e. The van der Waals surface area contributed by atoms with Crippen molar-refractivity contribution in [3.8, 4) is 0 Å². The molecule has 1 aliphatic heterocycles. The van der Waals surface area contributed by atoms with E-state index in [4.69, 9.17) is 4.52 Å². The first-order valence-corrected chi connectivity index (χ1v) is 12.2. The third-order valence-electron chi connectivity index (χ3n) is 5.66. The lowest BCUT2D eigenvalue weighted by atomic mass is 10.1.